The van der Waals surface area contributed by atoms with Gasteiger partial charge in [-0.05, 0) is 43.5 Å². The van der Waals surface area contributed by atoms with Gasteiger partial charge in [-0.3, -0.25) is 24.0 Å². The summed E-state index contributed by atoms with van der Waals surface area (Å²) in [5, 5.41) is 0. The fourth-order valence-corrected chi connectivity index (χ4v) is 4.56. The molecule has 1 aromatic carbocycles. The summed E-state index contributed by atoms with van der Waals surface area (Å²) in [6, 6.07) is 5.12. The SMILES string of the molecule is CCC(C)NS(=O)(=O)c1ccc(C(=O)N(CCOC)c2c(N)n(CC(C)C)c(=O)[nH]c2=O)cc1. The topological polar surface area (TPSA) is 157 Å². The summed E-state index contributed by atoms with van der Waals surface area (Å²) in [6.07, 6.45) is 0.624. The van der Waals surface area contributed by atoms with Crippen LogP contribution in [0.4, 0.5) is 11.5 Å². The fourth-order valence-electron chi connectivity index (χ4n) is 3.23. The Hall–Kier alpha value is -2.96. The maximum atomic E-state index is 13.4. The minimum absolute atomic E-state index is 0.00985. The molecule has 0 aliphatic heterocycles. The summed E-state index contributed by atoms with van der Waals surface area (Å²) in [5.41, 5.74) is 4.69. The maximum absolute atomic E-state index is 13.4. The predicted octanol–water partition coefficient (Wildman–Crippen LogP) is 1.14. The third-order valence-electron chi connectivity index (χ3n) is 5.18. The number of nitrogens with one attached hydrogen (secondary N) is 2. The highest BCUT2D eigenvalue weighted by molar-refractivity contribution is 7.89. The van der Waals surface area contributed by atoms with Gasteiger partial charge in [0, 0.05) is 31.8 Å². The first-order valence-electron chi connectivity index (χ1n) is 11.0. The zero-order chi connectivity index (χ0) is 25.6. The number of ether oxygens (including phenoxy) is 1. The molecule has 12 heteroatoms. The van der Waals surface area contributed by atoms with Crippen molar-refractivity contribution in [1.29, 1.82) is 0 Å². The Labute approximate surface area is 199 Å². The third kappa shape index (κ3) is 6.33. The van der Waals surface area contributed by atoms with E-state index in [1.165, 1.54) is 35.9 Å². The van der Waals surface area contributed by atoms with E-state index in [1.807, 2.05) is 20.8 Å². The van der Waals surface area contributed by atoms with Crippen LogP contribution in [-0.4, -0.2) is 50.2 Å². The molecule has 4 N–H and O–H groups in total. The summed E-state index contributed by atoms with van der Waals surface area (Å²) in [7, 11) is -2.30. The first kappa shape index (κ1) is 27.3. The van der Waals surface area contributed by atoms with Gasteiger partial charge in [0.1, 0.15) is 5.82 Å². The monoisotopic (exact) mass is 495 g/mol. The van der Waals surface area contributed by atoms with Gasteiger partial charge >= 0.3 is 5.69 Å². The summed E-state index contributed by atoms with van der Waals surface area (Å²) in [6.45, 7) is 7.71. The van der Waals surface area contributed by atoms with Crippen LogP contribution in [0.5, 0.6) is 0 Å². The summed E-state index contributed by atoms with van der Waals surface area (Å²) in [4.78, 5) is 41.7. The van der Waals surface area contributed by atoms with E-state index in [1.54, 1.807) is 6.92 Å². The Balaban J connectivity index is 2.50. The average Bonchev–Trinajstić information content (AvgIpc) is 2.77. The first-order chi connectivity index (χ1) is 15.9. The van der Waals surface area contributed by atoms with Gasteiger partial charge in [0.2, 0.25) is 10.0 Å². The Morgan fingerprint density at radius 1 is 1.21 bits per heavy atom. The molecule has 1 aromatic heterocycles. The van der Waals surface area contributed by atoms with Gasteiger partial charge in [0.05, 0.1) is 11.5 Å². The van der Waals surface area contributed by atoms with Crippen LogP contribution in [0.1, 0.15) is 44.5 Å². The van der Waals surface area contributed by atoms with E-state index < -0.39 is 27.2 Å². The van der Waals surface area contributed by atoms with Crippen LogP contribution in [-0.2, 0) is 21.3 Å². The Morgan fingerprint density at radius 3 is 2.35 bits per heavy atom. The molecule has 1 amide bonds. The third-order valence-corrected chi connectivity index (χ3v) is 6.78. The molecule has 1 unspecified atom stereocenters. The number of sulfonamides is 1. The number of carbonyl (C=O) groups excluding carboxylic acids is 1. The number of anilines is 2. The van der Waals surface area contributed by atoms with Gasteiger partial charge in [-0.2, -0.15) is 0 Å². The lowest BCUT2D eigenvalue weighted by Crippen LogP contribution is -2.42. The first-order valence-corrected chi connectivity index (χ1v) is 12.5. The number of H-pyrrole nitrogens is 1. The zero-order valence-electron chi connectivity index (χ0n) is 20.1. The van der Waals surface area contributed by atoms with Gasteiger partial charge in [0.25, 0.3) is 11.5 Å². The molecular weight excluding hydrogens is 462 g/mol. The van der Waals surface area contributed by atoms with E-state index in [4.69, 9.17) is 10.5 Å². The molecule has 2 rings (SSSR count). The Morgan fingerprint density at radius 2 is 1.82 bits per heavy atom. The number of nitrogens with zero attached hydrogens (tertiary/aromatic N) is 2. The molecule has 1 atom stereocenters. The Bertz CT molecular complexity index is 1220. The quantitative estimate of drug-likeness (QED) is 0.422. The summed E-state index contributed by atoms with van der Waals surface area (Å²) in [5.74, 6) is -0.674. The molecule has 0 radical (unpaired) electrons. The minimum atomic E-state index is -3.74. The number of carbonyl (C=O) groups is 1. The molecule has 0 spiro atoms. The predicted molar refractivity (Wildman–Crippen MR) is 131 cm³/mol. The van der Waals surface area contributed by atoms with Crippen molar-refractivity contribution in [2.24, 2.45) is 5.92 Å². The van der Waals surface area contributed by atoms with E-state index in [9.17, 15) is 22.8 Å². The lowest BCUT2D eigenvalue weighted by Gasteiger charge is -2.25. The molecule has 0 saturated carbocycles. The molecule has 11 nitrogen and oxygen atoms in total. The van der Waals surface area contributed by atoms with E-state index in [-0.39, 0.29) is 53.6 Å². The van der Waals surface area contributed by atoms with Crippen LogP contribution < -0.4 is 26.6 Å². The second-order valence-electron chi connectivity index (χ2n) is 8.40. The number of methoxy groups -OCH3 is 1. The number of hydrogen-bond donors (Lipinski definition) is 3. The highest BCUT2D eigenvalue weighted by Crippen LogP contribution is 2.21. The number of benzene rings is 1. The largest absolute Gasteiger partial charge is 0.383 e. The minimum Gasteiger partial charge on any atom is -0.383 e. The summed E-state index contributed by atoms with van der Waals surface area (Å²) < 4.78 is 33.9. The summed E-state index contributed by atoms with van der Waals surface area (Å²) >= 11 is 0. The van der Waals surface area contributed by atoms with Crippen molar-refractivity contribution < 1.29 is 17.9 Å². The molecule has 0 saturated heterocycles. The van der Waals surface area contributed by atoms with Crippen LogP contribution in [0.2, 0.25) is 0 Å². The van der Waals surface area contributed by atoms with Crippen molar-refractivity contribution in [3.8, 4) is 0 Å². The van der Waals surface area contributed by atoms with Crippen LogP contribution in [0, 0.1) is 5.92 Å². The van der Waals surface area contributed by atoms with Crippen LogP contribution in [0.15, 0.2) is 38.8 Å². The molecule has 1 heterocycles. The van der Waals surface area contributed by atoms with Crippen molar-refractivity contribution in [1.82, 2.24) is 14.3 Å². The smallest absolute Gasteiger partial charge is 0.330 e. The van der Waals surface area contributed by atoms with E-state index >= 15 is 0 Å². The van der Waals surface area contributed by atoms with Crippen molar-refractivity contribution in [2.45, 2.75) is 51.6 Å². The molecule has 0 fully saturated rings. The highest BCUT2D eigenvalue weighted by Gasteiger charge is 2.26. The second kappa shape index (κ2) is 11.4. The highest BCUT2D eigenvalue weighted by atomic mass is 32.2. The van der Waals surface area contributed by atoms with Crippen molar-refractivity contribution in [2.75, 3.05) is 30.9 Å². The lowest BCUT2D eigenvalue weighted by atomic mass is 10.2. The zero-order valence-corrected chi connectivity index (χ0v) is 20.9. The normalized spacial score (nSPS) is 12.6. The number of hydrogen-bond acceptors (Lipinski definition) is 7. The van der Waals surface area contributed by atoms with Crippen LogP contribution in [0.25, 0.3) is 0 Å². The Kier molecular flexibility index (Phi) is 9.19. The average molecular weight is 496 g/mol. The van der Waals surface area contributed by atoms with Gasteiger partial charge in [-0.1, -0.05) is 20.8 Å². The van der Waals surface area contributed by atoms with E-state index in [0.717, 1.165) is 4.90 Å². The van der Waals surface area contributed by atoms with E-state index in [0.29, 0.717) is 6.42 Å². The second-order valence-corrected chi connectivity index (χ2v) is 10.1. The van der Waals surface area contributed by atoms with Crippen LogP contribution >= 0.6 is 0 Å². The van der Waals surface area contributed by atoms with Gasteiger partial charge < -0.3 is 10.5 Å². The van der Waals surface area contributed by atoms with Gasteiger partial charge in [-0.25, -0.2) is 17.9 Å². The van der Waals surface area contributed by atoms with Crippen molar-refractivity contribution in [3.63, 3.8) is 0 Å². The molecule has 0 aliphatic carbocycles. The number of aromatic nitrogens is 2. The molecule has 188 valence electrons. The van der Waals surface area contributed by atoms with Crippen LogP contribution in [0.3, 0.4) is 0 Å². The molecule has 0 bridgehead atoms. The number of aromatic amines is 1. The molecule has 0 aliphatic rings. The van der Waals surface area contributed by atoms with Crippen molar-refractivity contribution >= 4 is 27.4 Å². The van der Waals surface area contributed by atoms with Gasteiger partial charge in [-0.15, -0.1) is 0 Å². The fraction of sp³-hybridized carbons (Fsp3) is 0.500. The number of amides is 1. The van der Waals surface area contributed by atoms with Gasteiger partial charge in [0.15, 0.2) is 5.69 Å². The standard InChI is InChI=1S/C22H33N5O6S/c1-6-15(4)25-34(31,32)17-9-7-16(8-10-17)21(29)26(11-12-33-5)18-19(23)27(13-14(2)3)22(30)24-20(18)28/h7-10,14-15,25H,6,11-13,23H2,1-5H3,(H,24,28,30). The lowest BCUT2D eigenvalue weighted by molar-refractivity contribution is 0.0975. The maximum Gasteiger partial charge on any atom is 0.330 e. The molecular formula is C22H33N5O6S. The number of nitrogens with two attached hydrogens (primary N) is 1. The number of rotatable bonds is 11. The van der Waals surface area contributed by atoms with E-state index in [2.05, 4.69) is 9.71 Å². The number of nitrogen functional groups attached to an aromatic ring is 1. The molecule has 2 aromatic rings. The van der Waals surface area contributed by atoms with Crippen molar-refractivity contribution in [3.05, 3.63) is 50.7 Å². The molecule has 34 heavy (non-hydrogen) atoms.